The Morgan fingerprint density at radius 3 is 2.73 bits per heavy atom. The van der Waals surface area contributed by atoms with Crippen molar-refractivity contribution >= 4 is 11.4 Å². The van der Waals surface area contributed by atoms with Gasteiger partial charge >= 0.3 is 0 Å². The largest absolute Gasteiger partial charge is 0.399 e. The predicted molar refractivity (Wildman–Crippen MR) is 59.1 cm³/mol. The molecule has 1 rings (SSSR count). The van der Waals surface area contributed by atoms with Crippen molar-refractivity contribution in [1.29, 1.82) is 0 Å². The average molecular weight is 212 g/mol. The quantitative estimate of drug-likeness (QED) is 0.594. The Morgan fingerprint density at radius 2 is 2.20 bits per heavy atom. The third-order valence-electron chi connectivity index (χ3n) is 1.89. The van der Waals surface area contributed by atoms with Crippen molar-refractivity contribution in [2.45, 2.75) is 13.3 Å². The molecule has 1 aromatic carbocycles. The first-order chi connectivity index (χ1) is 7.00. The molecule has 0 saturated heterocycles. The van der Waals surface area contributed by atoms with Crippen molar-refractivity contribution in [2.24, 2.45) is 0 Å². The van der Waals surface area contributed by atoms with E-state index in [1.54, 1.807) is 12.1 Å². The summed E-state index contributed by atoms with van der Waals surface area (Å²) < 4.78 is 25.2. The summed E-state index contributed by atoms with van der Waals surface area (Å²) in [4.78, 5) is 0. The van der Waals surface area contributed by atoms with Gasteiger partial charge in [-0.15, -0.1) is 0 Å². The zero-order valence-corrected chi connectivity index (χ0v) is 8.56. The highest BCUT2D eigenvalue weighted by Gasteiger charge is 2.12. The minimum atomic E-state index is -2.53. The van der Waals surface area contributed by atoms with Crippen molar-refractivity contribution in [2.75, 3.05) is 17.6 Å². The van der Waals surface area contributed by atoms with Crippen LogP contribution in [0, 0.1) is 0 Å². The van der Waals surface area contributed by atoms with E-state index in [9.17, 15) is 8.78 Å². The molecule has 0 unspecified atom stereocenters. The van der Waals surface area contributed by atoms with Crippen LogP contribution in [0.25, 0.3) is 0 Å². The van der Waals surface area contributed by atoms with Crippen LogP contribution < -0.4 is 11.1 Å². The van der Waals surface area contributed by atoms with Crippen LogP contribution in [0.3, 0.4) is 0 Å². The van der Waals surface area contributed by atoms with Crippen molar-refractivity contribution in [3.63, 3.8) is 0 Å². The molecule has 2 nitrogen and oxygen atoms in total. The zero-order chi connectivity index (χ0) is 11.4. The second kappa shape index (κ2) is 4.77. The third-order valence-corrected chi connectivity index (χ3v) is 1.89. The number of benzene rings is 1. The Hall–Kier alpha value is -1.58. The maximum atomic E-state index is 12.6. The van der Waals surface area contributed by atoms with Crippen molar-refractivity contribution in [3.8, 4) is 0 Å². The smallest absolute Gasteiger partial charge is 0.265 e. The van der Waals surface area contributed by atoms with Gasteiger partial charge in [-0.25, -0.2) is 8.78 Å². The molecule has 82 valence electrons. The molecule has 4 heteroatoms. The molecule has 0 amide bonds. The Balaban J connectivity index is 2.90. The molecule has 0 atom stereocenters. The van der Waals surface area contributed by atoms with E-state index in [1.165, 1.54) is 6.07 Å². The number of anilines is 2. The van der Waals surface area contributed by atoms with E-state index in [1.807, 2.05) is 6.92 Å². The number of hydrogen-bond acceptors (Lipinski definition) is 2. The van der Waals surface area contributed by atoms with Gasteiger partial charge in [-0.1, -0.05) is 12.2 Å². The van der Waals surface area contributed by atoms with E-state index >= 15 is 0 Å². The molecule has 0 aliphatic heterocycles. The van der Waals surface area contributed by atoms with Crippen LogP contribution in [-0.4, -0.2) is 6.54 Å². The Morgan fingerprint density at radius 1 is 1.53 bits per heavy atom. The van der Waals surface area contributed by atoms with Crippen LogP contribution in [0.15, 0.2) is 30.4 Å². The third kappa shape index (κ3) is 3.23. The molecule has 3 N–H and O–H groups in total. The molecule has 0 heterocycles. The molecule has 0 radical (unpaired) electrons. The van der Waals surface area contributed by atoms with E-state index in [0.29, 0.717) is 17.9 Å². The van der Waals surface area contributed by atoms with E-state index in [2.05, 4.69) is 11.9 Å². The fourth-order valence-electron chi connectivity index (χ4n) is 1.17. The number of nitrogen functional groups attached to an aromatic ring is 1. The minimum absolute atomic E-state index is 0.0729. The normalized spacial score (nSPS) is 10.4. The number of alkyl halides is 2. The lowest BCUT2D eigenvalue weighted by Gasteiger charge is -2.12. The lowest BCUT2D eigenvalue weighted by molar-refractivity contribution is 0.152. The number of nitrogens with two attached hydrogens (primary N) is 1. The summed E-state index contributed by atoms with van der Waals surface area (Å²) >= 11 is 0. The van der Waals surface area contributed by atoms with Gasteiger partial charge in [-0.2, -0.15) is 0 Å². The highest BCUT2D eigenvalue weighted by atomic mass is 19.3. The first-order valence-electron chi connectivity index (χ1n) is 4.56. The zero-order valence-electron chi connectivity index (χ0n) is 8.56. The lowest BCUT2D eigenvalue weighted by Crippen LogP contribution is -2.05. The molecule has 0 bridgehead atoms. The van der Waals surface area contributed by atoms with Gasteiger partial charge in [0.25, 0.3) is 6.43 Å². The number of nitrogens with one attached hydrogen (secondary N) is 1. The van der Waals surface area contributed by atoms with E-state index in [4.69, 9.17) is 5.73 Å². The van der Waals surface area contributed by atoms with Gasteiger partial charge in [0.1, 0.15) is 0 Å². The van der Waals surface area contributed by atoms with E-state index in [0.717, 1.165) is 5.57 Å². The molecule has 0 saturated carbocycles. The molecule has 0 aromatic heterocycles. The Labute approximate surface area is 87.8 Å². The lowest BCUT2D eigenvalue weighted by atomic mass is 10.1. The number of halogens is 2. The van der Waals surface area contributed by atoms with Crippen LogP contribution in [0.1, 0.15) is 18.9 Å². The number of hydrogen-bond donors (Lipinski definition) is 2. The summed E-state index contributed by atoms with van der Waals surface area (Å²) in [5.74, 6) is 0. The molecular formula is C11H14F2N2. The highest BCUT2D eigenvalue weighted by molar-refractivity contribution is 5.59. The Kier molecular flexibility index (Phi) is 3.66. The fourth-order valence-corrected chi connectivity index (χ4v) is 1.17. The van der Waals surface area contributed by atoms with E-state index in [-0.39, 0.29) is 5.56 Å². The maximum Gasteiger partial charge on any atom is 0.265 e. The van der Waals surface area contributed by atoms with Gasteiger partial charge in [-0.05, 0) is 25.1 Å². The van der Waals surface area contributed by atoms with Crippen molar-refractivity contribution in [1.82, 2.24) is 0 Å². The van der Waals surface area contributed by atoms with E-state index < -0.39 is 6.43 Å². The number of rotatable bonds is 4. The maximum absolute atomic E-state index is 12.6. The molecule has 15 heavy (non-hydrogen) atoms. The van der Waals surface area contributed by atoms with Crippen molar-refractivity contribution in [3.05, 3.63) is 35.9 Å². The molecule has 0 spiro atoms. The second-order valence-corrected chi connectivity index (χ2v) is 3.46. The average Bonchev–Trinajstić information content (AvgIpc) is 2.15. The van der Waals surface area contributed by atoms with Crippen molar-refractivity contribution < 1.29 is 8.78 Å². The van der Waals surface area contributed by atoms with Crippen LogP contribution in [0.2, 0.25) is 0 Å². The standard InChI is InChI=1S/C11H14F2N2/c1-7(2)6-15-10-4-3-8(14)5-9(10)11(12)13/h3-5,11,15H,1,6,14H2,2H3. The van der Waals surface area contributed by atoms with Gasteiger partial charge in [0.15, 0.2) is 0 Å². The van der Waals surface area contributed by atoms with Gasteiger partial charge in [0, 0.05) is 23.5 Å². The van der Waals surface area contributed by atoms with Gasteiger partial charge in [-0.3, -0.25) is 0 Å². The minimum Gasteiger partial charge on any atom is -0.399 e. The van der Waals surface area contributed by atoms with Crippen LogP contribution >= 0.6 is 0 Å². The topological polar surface area (TPSA) is 38.0 Å². The molecule has 0 fully saturated rings. The summed E-state index contributed by atoms with van der Waals surface area (Å²) in [5, 5.41) is 2.89. The highest BCUT2D eigenvalue weighted by Crippen LogP contribution is 2.28. The Bertz CT molecular complexity index is 362. The SMILES string of the molecule is C=C(C)CNc1ccc(N)cc1C(F)F. The predicted octanol–water partition coefficient (Wildman–Crippen LogP) is 3.19. The van der Waals surface area contributed by atoms with Crippen LogP contribution in [-0.2, 0) is 0 Å². The molecule has 1 aromatic rings. The summed E-state index contributed by atoms with van der Waals surface area (Å²) in [6.45, 7) is 5.99. The summed E-state index contributed by atoms with van der Waals surface area (Å²) in [5.41, 5.74) is 7.00. The summed E-state index contributed by atoms with van der Waals surface area (Å²) in [7, 11) is 0. The van der Waals surface area contributed by atoms with Gasteiger partial charge in [0.2, 0.25) is 0 Å². The summed E-state index contributed by atoms with van der Waals surface area (Å²) in [6, 6.07) is 4.43. The monoisotopic (exact) mass is 212 g/mol. The second-order valence-electron chi connectivity index (χ2n) is 3.46. The molecule has 0 aliphatic carbocycles. The van der Waals surface area contributed by atoms with Crippen LogP contribution in [0.5, 0.6) is 0 Å². The van der Waals surface area contributed by atoms with Gasteiger partial charge < -0.3 is 11.1 Å². The van der Waals surface area contributed by atoms with Gasteiger partial charge in [0.05, 0.1) is 0 Å². The summed E-state index contributed by atoms with van der Waals surface area (Å²) in [6.07, 6.45) is -2.53. The molecule has 0 aliphatic rings. The first-order valence-corrected chi connectivity index (χ1v) is 4.56. The first kappa shape index (κ1) is 11.5. The van der Waals surface area contributed by atoms with Crippen LogP contribution in [0.4, 0.5) is 20.2 Å². The molecular weight excluding hydrogens is 198 g/mol. The fraction of sp³-hybridized carbons (Fsp3) is 0.273.